The third-order valence-electron chi connectivity index (χ3n) is 2.80. The van der Waals surface area contributed by atoms with Gasteiger partial charge in [-0.1, -0.05) is 38.1 Å². The highest BCUT2D eigenvalue weighted by Crippen LogP contribution is 2.20. The first-order valence-electron chi connectivity index (χ1n) is 6.19. The van der Waals surface area contributed by atoms with Crippen molar-refractivity contribution in [2.45, 2.75) is 20.3 Å². The zero-order valence-corrected chi connectivity index (χ0v) is 11.0. The molecule has 0 spiro atoms. The summed E-state index contributed by atoms with van der Waals surface area (Å²) in [6.45, 7) is 4.34. The molecule has 96 valence electrons. The summed E-state index contributed by atoms with van der Waals surface area (Å²) in [6.07, 6.45) is 1.02. The average Bonchev–Trinajstić information content (AvgIpc) is 2.39. The fourth-order valence-electron chi connectivity index (χ4n) is 1.98. The SMILES string of the molecule is CC(C)Cc1ccc(-c2n[nH]c(=O)cc2C#N)cc1. The van der Waals surface area contributed by atoms with E-state index < -0.39 is 0 Å². The van der Waals surface area contributed by atoms with Crippen LogP contribution in [-0.2, 0) is 6.42 Å². The van der Waals surface area contributed by atoms with E-state index in [1.165, 1.54) is 11.6 Å². The lowest BCUT2D eigenvalue weighted by Crippen LogP contribution is -2.08. The minimum absolute atomic E-state index is 0.292. The van der Waals surface area contributed by atoms with Crippen LogP contribution in [0, 0.1) is 17.2 Å². The standard InChI is InChI=1S/C15H15N3O/c1-10(2)7-11-3-5-12(6-4-11)15-13(9-16)8-14(19)17-18-15/h3-6,8,10H,7H2,1-2H3,(H,17,19). The normalized spacial score (nSPS) is 10.4. The Morgan fingerprint density at radius 2 is 2.00 bits per heavy atom. The van der Waals surface area contributed by atoms with E-state index in [4.69, 9.17) is 5.26 Å². The van der Waals surface area contributed by atoms with Gasteiger partial charge in [0.1, 0.15) is 11.8 Å². The molecule has 1 N–H and O–H groups in total. The van der Waals surface area contributed by atoms with Crippen molar-refractivity contribution in [1.82, 2.24) is 10.2 Å². The van der Waals surface area contributed by atoms with E-state index in [-0.39, 0.29) is 5.56 Å². The van der Waals surface area contributed by atoms with Gasteiger partial charge in [0.15, 0.2) is 0 Å². The Morgan fingerprint density at radius 3 is 2.58 bits per heavy atom. The first-order valence-corrected chi connectivity index (χ1v) is 6.19. The molecule has 1 aromatic carbocycles. The van der Waals surface area contributed by atoms with Gasteiger partial charge in [0.05, 0.1) is 5.56 Å². The summed E-state index contributed by atoms with van der Waals surface area (Å²) < 4.78 is 0. The molecule has 0 unspecified atom stereocenters. The molecule has 1 heterocycles. The van der Waals surface area contributed by atoms with Crippen molar-refractivity contribution in [3.8, 4) is 17.3 Å². The number of benzene rings is 1. The number of nitriles is 1. The molecule has 0 fully saturated rings. The van der Waals surface area contributed by atoms with Crippen molar-refractivity contribution in [2.75, 3.05) is 0 Å². The molecule has 0 bridgehead atoms. The smallest absolute Gasteiger partial charge is 0.265 e. The van der Waals surface area contributed by atoms with Crippen molar-refractivity contribution in [3.05, 3.63) is 51.8 Å². The molecule has 0 aliphatic carbocycles. The van der Waals surface area contributed by atoms with E-state index in [0.717, 1.165) is 12.0 Å². The number of aromatic amines is 1. The van der Waals surface area contributed by atoms with Crippen LogP contribution >= 0.6 is 0 Å². The Bertz CT molecular complexity index is 663. The van der Waals surface area contributed by atoms with Gasteiger partial charge in [0, 0.05) is 11.6 Å². The Hall–Kier alpha value is -2.41. The molecule has 0 amide bonds. The van der Waals surface area contributed by atoms with Crippen LogP contribution in [0.2, 0.25) is 0 Å². The minimum atomic E-state index is -0.364. The fraction of sp³-hybridized carbons (Fsp3) is 0.267. The number of hydrogen-bond acceptors (Lipinski definition) is 3. The van der Waals surface area contributed by atoms with E-state index in [1.54, 1.807) is 0 Å². The molecule has 4 nitrogen and oxygen atoms in total. The third-order valence-corrected chi connectivity index (χ3v) is 2.80. The van der Waals surface area contributed by atoms with E-state index in [9.17, 15) is 4.79 Å². The molecule has 2 rings (SSSR count). The van der Waals surface area contributed by atoms with Gasteiger partial charge >= 0.3 is 0 Å². The van der Waals surface area contributed by atoms with Crippen LogP contribution < -0.4 is 5.56 Å². The fourth-order valence-corrected chi connectivity index (χ4v) is 1.98. The highest BCUT2D eigenvalue weighted by Gasteiger charge is 2.08. The maximum Gasteiger partial charge on any atom is 0.265 e. The van der Waals surface area contributed by atoms with Gasteiger partial charge < -0.3 is 0 Å². The second-order valence-corrected chi connectivity index (χ2v) is 4.90. The quantitative estimate of drug-likeness (QED) is 0.913. The van der Waals surface area contributed by atoms with Gasteiger partial charge in [-0.15, -0.1) is 0 Å². The van der Waals surface area contributed by atoms with Crippen molar-refractivity contribution in [1.29, 1.82) is 5.26 Å². The second kappa shape index (κ2) is 5.49. The lowest BCUT2D eigenvalue weighted by molar-refractivity contribution is 0.647. The number of hydrogen-bond donors (Lipinski definition) is 1. The van der Waals surface area contributed by atoms with Crippen LogP contribution in [0.15, 0.2) is 35.1 Å². The van der Waals surface area contributed by atoms with Gasteiger partial charge in [0.2, 0.25) is 0 Å². The van der Waals surface area contributed by atoms with Gasteiger partial charge in [-0.05, 0) is 17.9 Å². The zero-order valence-electron chi connectivity index (χ0n) is 11.0. The molecule has 0 atom stereocenters. The lowest BCUT2D eigenvalue weighted by atomic mass is 10.00. The predicted molar refractivity (Wildman–Crippen MR) is 73.6 cm³/mol. The summed E-state index contributed by atoms with van der Waals surface area (Å²) in [4.78, 5) is 11.1. The maximum atomic E-state index is 11.1. The van der Waals surface area contributed by atoms with E-state index in [1.807, 2.05) is 30.3 Å². The summed E-state index contributed by atoms with van der Waals surface area (Å²) in [5, 5.41) is 15.3. The Morgan fingerprint density at radius 1 is 1.32 bits per heavy atom. The summed E-state index contributed by atoms with van der Waals surface area (Å²) in [6, 6.07) is 11.2. The molecule has 1 aromatic heterocycles. The molecule has 0 saturated carbocycles. The second-order valence-electron chi connectivity index (χ2n) is 4.90. The van der Waals surface area contributed by atoms with Crippen LogP contribution in [0.25, 0.3) is 11.3 Å². The number of nitrogens with one attached hydrogen (secondary N) is 1. The van der Waals surface area contributed by atoms with E-state index in [0.29, 0.717) is 17.2 Å². The van der Waals surface area contributed by atoms with Crippen LogP contribution in [0.5, 0.6) is 0 Å². The van der Waals surface area contributed by atoms with Crippen LogP contribution in [0.4, 0.5) is 0 Å². The molecule has 0 aliphatic heterocycles. The Labute approximate surface area is 111 Å². The topological polar surface area (TPSA) is 69.5 Å². The summed E-state index contributed by atoms with van der Waals surface area (Å²) in [7, 11) is 0. The first kappa shape index (κ1) is 13.0. The molecule has 0 radical (unpaired) electrons. The van der Waals surface area contributed by atoms with Gasteiger partial charge in [-0.3, -0.25) is 4.79 Å². The van der Waals surface area contributed by atoms with Crippen molar-refractivity contribution >= 4 is 0 Å². The number of H-pyrrole nitrogens is 1. The molecular weight excluding hydrogens is 238 g/mol. The van der Waals surface area contributed by atoms with Crippen molar-refractivity contribution in [3.63, 3.8) is 0 Å². The summed E-state index contributed by atoms with van der Waals surface area (Å²) in [5.74, 6) is 0.603. The highest BCUT2D eigenvalue weighted by atomic mass is 16.1. The highest BCUT2D eigenvalue weighted by molar-refractivity contribution is 5.65. The van der Waals surface area contributed by atoms with Gasteiger partial charge in [-0.2, -0.15) is 10.4 Å². The molecular formula is C15H15N3O. The molecule has 4 heteroatoms. The maximum absolute atomic E-state index is 11.1. The Balaban J connectivity index is 2.38. The van der Waals surface area contributed by atoms with Gasteiger partial charge in [-0.25, -0.2) is 5.10 Å². The zero-order chi connectivity index (χ0) is 13.8. The molecule has 0 aliphatic rings. The van der Waals surface area contributed by atoms with Gasteiger partial charge in [0.25, 0.3) is 5.56 Å². The molecule has 2 aromatic rings. The van der Waals surface area contributed by atoms with Crippen molar-refractivity contribution < 1.29 is 0 Å². The minimum Gasteiger partial charge on any atom is -0.268 e. The van der Waals surface area contributed by atoms with Crippen LogP contribution in [0.3, 0.4) is 0 Å². The van der Waals surface area contributed by atoms with Crippen molar-refractivity contribution in [2.24, 2.45) is 5.92 Å². The first-order chi connectivity index (χ1) is 9.10. The average molecular weight is 253 g/mol. The third kappa shape index (κ3) is 3.08. The largest absolute Gasteiger partial charge is 0.268 e. The summed E-state index contributed by atoms with van der Waals surface area (Å²) >= 11 is 0. The number of nitrogens with zero attached hydrogens (tertiary/aromatic N) is 2. The monoisotopic (exact) mass is 253 g/mol. The summed E-state index contributed by atoms with van der Waals surface area (Å²) in [5.41, 5.74) is 2.53. The molecule has 0 saturated heterocycles. The lowest BCUT2D eigenvalue weighted by Gasteiger charge is -2.06. The predicted octanol–water partition coefficient (Wildman–Crippen LogP) is 2.51. The van der Waals surface area contributed by atoms with Crippen LogP contribution in [0.1, 0.15) is 25.0 Å². The van der Waals surface area contributed by atoms with E-state index >= 15 is 0 Å². The van der Waals surface area contributed by atoms with Crippen LogP contribution in [-0.4, -0.2) is 10.2 Å². The number of aromatic nitrogens is 2. The Kier molecular flexibility index (Phi) is 3.76. The van der Waals surface area contributed by atoms with E-state index in [2.05, 4.69) is 24.0 Å². The molecule has 19 heavy (non-hydrogen) atoms. The number of rotatable bonds is 3.